The van der Waals surface area contributed by atoms with Crippen molar-refractivity contribution in [1.82, 2.24) is 0 Å². The fourth-order valence-electron chi connectivity index (χ4n) is 1.42. The zero-order chi connectivity index (χ0) is 9.31. The Bertz CT molecular complexity index is 367. The van der Waals surface area contributed by atoms with Gasteiger partial charge in [0.25, 0.3) is 0 Å². The normalized spacial score (nSPS) is 26.1. The number of nitrogens with two attached hydrogens (primary N) is 1. The van der Waals surface area contributed by atoms with Crippen molar-refractivity contribution in [1.29, 1.82) is 0 Å². The summed E-state index contributed by atoms with van der Waals surface area (Å²) >= 11 is 0. The molecule has 66 valence electrons. The van der Waals surface area contributed by atoms with Crippen LogP contribution in [0, 0.1) is 0 Å². The van der Waals surface area contributed by atoms with Gasteiger partial charge in [-0.25, -0.2) is 0 Å². The summed E-state index contributed by atoms with van der Waals surface area (Å²) < 4.78 is 0. The third kappa shape index (κ3) is 1.33. The predicted molar refractivity (Wildman–Crippen MR) is 50.9 cm³/mol. The molecule has 1 aliphatic rings. The van der Waals surface area contributed by atoms with Crippen LogP contribution in [-0.2, 0) is 5.54 Å². The summed E-state index contributed by atoms with van der Waals surface area (Å²) in [6, 6.07) is 9.99. The van der Waals surface area contributed by atoms with Crippen molar-refractivity contribution in [2.75, 3.05) is 0 Å². The van der Waals surface area contributed by atoms with E-state index in [4.69, 9.17) is 5.73 Å². The lowest BCUT2D eigenvalue weighted by molar-refractivity contribution is 0.621. The third-order valence-electron chi connectivity index (χ3n) is 2.16. The summed E-state index contributed by atoms with van der Waals surface area (Å²) in [4.78, 5) is 0. The molecule has 3 heteroatoms. The van der Waals surface area contributed by atoms with Crippen LogP contribution in [0.1, 0.15) is 12.5 Å². The van der Waals surface area contributed by atoms with E-state index < -0.39 is 0 Å². The molecule has 0 fully saturated rings. The number of rotatable bonds is 1. The topological polar surface area (TPSA) is 50.7 Å². The molecule has 0 spiro atoms. The first-order valence-corrected chi connectivity index (χ1v) is 4.17. The first-order chi connectivity index (χ1) is 6.21. The van der Waals surface area contributed by atoms with Gasteiger partial charge in [0.15, 0.2) is 0 Å². The Kier molecular flexibility index (Phi) is 1.65. The molecule has 13 heavy (non-hydrogen) atoms. The molecule has 1 unspecified atom stereocenters. The lowest BCUT2D eigenvalue weighted by Gasteiger charge is -2.15. The van der Waals surface area contributed by atoms with Crippen molar-refractivity contribution in [3.63, 3.8) is 0 Å². The van der Waals surface area contributed by atoms with Crippen molar-refractivity contribution in [2.24, 2.45) is 16.0 Å². The van der Waals surface area contributed by atoms with Gasteiger partial charge in [-0.1, -0.05) is 30.3 Å². The molecule has 1 heterocycles. The van der Waals surface area contributed by atoms with Crippen LogP contribution < -0.4 is 5.73 Å². The van der Waals surface area contributed by atoms with E-state index in [0.717, 1.165) is 5.56 Å². The molecule has 2 N–H and O–H groups in total. The summed E-state index contributed by atoms with van der Waals surface area (Å²) in [6.07, 6.45) is 1.86. The molecule has 1 aromatic rings. The molecule has 0 aromatic heterocycles. The molecule has 1 atom stereocenters. The number of benzene rings is 1. The second-order valence-corrected chi connectivity index (χ2v) is 3.28. The zero-order valence-corrected chi connectivity index (χ0v) is 7.44. The maximum absolute atomic E-state index is 5.55. The molecule has 0 radical (unpaired) electrons. The van der Waals surface area contributed by atoms with E-state index in [0.29, 0.717) is 5.82 Å². The average molecular weight is 173 g/mol. The Morgan fingerprint density at radius 2 is 1.92 bits per heavy atom. The summed E-state index contributed by atoms with van der Waals surface area (Å²) in [5.74, 6) is 0.492. The van der Waals surface area contributed by atoms with Crippen LogP contribution in [0.25, 0.3) is 0 Å². The van der Waals surface area contributed by atoms with E-state index in [1.54, 1.807) is 0 Å². The van der Waals surface area contributed by atoms with E-state index >= 15 is 0 Å². The van der Waals surface area contributed by atoms with Crippen LogP contribution in [0.15, 0.2) is 52.5 Å². The molecule has 1 aliphatic heterocycles. The first kappa shape index (κ1) is 7.98. The van der Waals surface area contributed by atoms with Crippen LogP contribution in [0.2, 0.25) is 0 Å². The largest absolute Gasteiger partial charge is 0.382 e. The van der Waals surface area contributed by atoms with Crippen molar-refractivity contribution in [3.8, 4) is 0 Å². The monoisotopic (exact) mass is 173 g/mol. The van der Waals surface area contributed by atoms with Gasteiger partial charge in [0, 0.05) is 0 Å². The molecule has 0 saturated heterocycles. The maximum Gasteiger partial charge on any atom is 0.144 e. The van der Waals surface area contributed by atoms with Crippen LogP contribution in [0.5, 0.6) is 0 Å². The van der Waals surface area contributed by atoms with E-state index in [9.17, 15) is 0 Å². The van der Waals surface area contributed by atoms with Gasteiger partial charge in [-0.2, -0.15) is 5.11 Å². The highest BCUT2D eigenvalue weighted by Gasteiger charge is 2.27. The Labute approximate surface area is 77.0 Å². The smallest absolute Gasteiger partial charge is 0.144 e. The second kappa shape index (κ2) is 2.69. The zero-order valence-electron chi connectivity index (χ0n) is 7.44. The van der Waals surface area contributed by atoms with E-state index in [2.05, 4.69) is 10.2 Å². The van der Waals surface area contributed by atoms with Crippen molar-refractivity contribution >= 4 is 0 Å². The highest BCUT2D eigenvalue weighted by atomic mass is 15.2. The highest BCUT2D eigenvalue weighted by molar-refractivity contribution is 5.31. The van der Waals surface area contributed by atoms with Gasteiger partial charge >= 0.3 is 0 Å². The molecule has 3 nitrogen and oxygen atoms in total. The van der Waals surface area contributed by atoms with Gasteiger partial charge < -0.3 is 5.73 Å². The van der Waals surface area contributed by atoms with E-state index in [1.165, 1.54) is 0 Å². The Morgan fingerprint density at radius 1 is 1.23 bits per heavy atom. The first-order valence-electron chi connectivity index (χ1n) is 4.17. The van der Waals surface area contributed by atoms with Gasteiger partial charge in [0.1, 0.15) is 11.4 Å². The molecule has 1 aromatic carbocycles. The number of nitrogens with zero attached hydrogens (tertiary/aromatic N) is 2. The van der Waals surface area contributed by atoms with Gasteiger partial charge in [0.2, 0.25) is 0 Å². The average Bonchev–Trinajstić information content (AvgIpc) is 2.49. The fourth-order valence-corrected chi connectivity index (χ4v) is 1.42. The minimum Gasteiger partial charge on any atom is -0.382 e. The lowest BCUT2D eigenvalue weighted by atomic mass is 9.93. The van der Waals surface area contributed by atoms with Crippen LogP contribution in [0.4, 0.5) is 0 Å². The van der Waals surface area contributed by atoms with Crippen molar-refractivity contribution in [3.05, 3.63) is 47.8 Å². The second-order valence-electron chi connectivity index (χ2n) is 3.28. The summed E-state index contributed by atoms with van der Waals surface area (Å²) in [5.41, 5.74) is 6.29. The maximum atomic E-state index is 5.55. The van der Waals surface area contributed by atoms with Crippen LogP contribution in [-0.4, -0.2) is 0 Å². The highest BCUT2D eigenvalue weighted by Crippen LogP contribution is 2.32. The molecule has 0 saturated carbocycles. The lowest BCUT2D eigenvalue weighted by Crippen LogP contribution is -2.13. The SMILES string of the molecule is CC1(c2ccccc2)C=C(N)N=N1. The summed E-state index contributed by atoms with van der Waals surface area (Å²) in [6.45, 7) is 1.99. The Morgan fingerprint density at radius 3 is 2.46 bits per heavy atom. The van der Waals surface area contributed by atoms with Gasteiger partial charge in [-0.15, -0.1) is 5.11 Å². The molecular weight excluding hydrogens is 162 g/mol. The van der Waals surface area contributed by atoms with Gasteiger partial charge in [-0.05, 0) is 18.6 Å². The van der Waals surface area contributed by atoms with Gasteiger partial charge in [-0.3, -0.25) is 0 Å². The number of hydrogen-bond acceptors (Lipinski definition) is 3. The van der Waals surface area contributed by atoms with Crippen LogP contribution >= 0.6 is 0 Å². The standard InChI is InChI=1S/C10H11N3/c1-10(7-9(11)12-13-10)8-5-3-2-4-6-8/h2-7H,11H2,1H3. The Balaban J connectivity index is 2.43. The predicted octanol–water partition coefficient (Wildman–Crippen LogP) is 2.17. The van der Waals surface area contributed by atoms with E-state index in [1.807, 2.05) is 43.3 Å². The number of azo groups is 1. The summed E-state index contributed by atoms with van der Waals surface area (Å²) in [7, 11) is 0. The molecule has 0 amide bonds. The van der Waals surface area contributed by atoms with Gasteiger partial charge in [0.05, 0.1) is 0 Å². The third-order valence-corrected chi connectivity index (χ3v) is 2.16. The number of hydrogen-bond donors (Lipinski definition) is 1. The minimum absolute atomic E-state index is 0.370. The molecule has 0 aliphatic carbocycles. The molecular formula is C10H11N3. The van der Waals surface area contributed by atoms with Crippen LogP contribution in [0.3, 0.4) is 0 Å². The summed E-state index contributed by atoms with van der Waals surface area (Å²) in [5, 5.41) is 7.96. The van der Waals surface area contributed by atoms with Crippen molar-refractivity contribution in [2.45, 2.75) is 12.5 Å². The minimum atomic E-state index is -0.370. The van der Waals surface area contributed by atoms with Crippen molar-refractivity contribution < 1.29 is 0 Å². The molecule has 0 bridgehead atoms. The van der Waals surface area contributed by atoms with E-state index in [-0.39, 0.29) is 5.54 Å². The molecule has 2 rings (SSSR count). The fraction of sp³-hybridized carbons (Fsp3) is 0.200. The Hall–Kier alpha value is -1.64. The quantitative estimate of drug-likeness (QED) is 0.695.